The van der Waals surface area contributed by atoms with E-state index in [0.717, 1.165) is 16.5 Å². The largest absolute Gasteiger partial charge is 0.492 e. The van der Waals surface area contributed by atoms with Crippen LogP contribution < -0.4 is 10.1 Å². The first kappa shape index (κ1) is 21.0. The van der Waals surface area contributed by atoms with Crippen molar-refractivity contribution in [3.05, 3.63) is 64.3 Å². The van der Waals surface area contributed by atoms with Gasteiger partial charge in [0.1, 0.15) is 11.8 Å². The molecule has 0 unspecified atom stereocenters. The number of hydrogen-bond donors (Lipinski definition) is 3. The lowest BCUT2D eigenvalue weighted by atomic mass is 10.0. The number of carbonyl (C=O) groups excluding carboxylic acids is 1. The number of aromatic amines is 1. The maximum atomic E-state index is 12.2. The molecule has 6 nitrogen and oxygen atoms in total. The summed E-state index contributed by atoms with van der Waals surface area (Å²) >= 11 is 11.9. The molecule has 0 fully saturated rings. The van der Waals surface area contributed by atoms with Crippen LogP contribution >= 0.6 is 23.2 Å². The molecule has 0 aliphatic carbocycles. The van der Waals surface area contributed by atoms with Gasteiger partial charge in [0, 0.05) is 35.0 Å². The highest BCUT2D eigenvalue weighted by molar-refractivity contribution is 6.35. The predicted molar refractivity (Wildman–Crippen MR) is 113 cm³/mol. The average molecular weight is 435 g/mol. The second-order valence-corrected chi connectivity index (χ2v) is 7.39. The third-order valence-corrected chi connectivity index (χ3v) is 4.96. The van der Waals surface area contributed by atoms with Gasteiger partial charge >= 0.3 is 5.97 Å². The van der Waals surface area contributed by atoms with Gasteiger partial charge in [-0.1, -0.05) is 41.4 Å². The quantitative estimate of drug-likeness (QED) is 0.434. The predicted octanol–water partition coefficient (Wildman–Crippen LogP) is 4.45. The SMILES string of the molecule is O=C(CCCOc1ccc(Cl)cc1Cl)N[C@H](Cc1c[nH]c2ccccc12)C(=O)O. The molecule has 1 atom stereocenters. The van der Waals surface area contributed by atoms with E-state index in [4.69, 9.17) is 27.9 Å². The molecule has 8 heteroatoms. The Morgan fingerprint density at radius 2 is 1.97 bits per heavy atom. The van der Waals surface area contributed by atoms with Crippen LogP contribution in [0.5, 0.6) is 5.75 Å². The van der Waals surface area contributed by atoms with Gasteiger partial charge in [-0.2, -0.15) is 0 Å². The first-order valence-electron chi connectivity index (χ1n) is 9.09. The Morgan fingerprint density at radius 1 is 1.17 bits per heavy atom. The van der Waals surface area contributed by atoms with Crippen molar-refractivity contribution in [2.24, 2.45) is 0 Å². The van der Waals surface area contributed by atoms with Crippen LogP contribution in [0.15, 0.2) is 48.7 Å². The number of ether oxygens (including phenoxy) is 1. The topological polar surface area (TPSA) is 91.4 Å². The fraction of sp³-hybridized carbons (Fsp3) is 0.238. The zero-order valence-corrected chi connectivity index (χ0v) is 17.0. The highest BCUT2D eigenvalue weighted by atomic mass is 35.5. The van der Waals surface area contributed by atoms with Gasteiger partial charge in [0.25, 0.3) is 0 Å². The third-order valence-electron chi connectivity index (χ3n) is 4.43. The molecule has 0 aliphatic rings. The van der Waals surface area contributed by atoms with Crippen LogP contribution in [-0.4, -0.2) is 34.6 Å². The standard InChI is InChI=1S/C21H20Cl2N2O4/c22-14-7-8-19(16(23)11-14)29-9-3-6-20(26)25-18(21(27)28)10-13-12-24-17-5-2-1-4-15(13)17/h1-2,4-5,7-8,11-12,18,24H,3,6,9-10H2,(H,25,26)(H,27,28)/t18-/m1/s1. The normalized spacial score (nSPS) is 11.9. The molecule has 29 heavy (non-hydrogen) atoms. The van der Waals surface area contributed by atoms with Gasteiger partial charge in [0.05, 0.1) is 11.6 Å². The van der Waals surface area contributed by atoms with Crippen molar-refractivity contribution in [3.8, 4) is 5.75 Å². The van der Waals surface area contributed by atoms with Crippen LogP contribution in [0.4, 0.5) is 0 Å². The zero-order valence-electron chi connectivity index (χ0n) is 15.5. The third kappa shape index (κ3) is 5.65. The first-order valence-corrected chi connectivity index (χ1v) is 9.84. The molecule has 3 N–H and O–H groups in total. The monoisotopic (exact) mass is 434 g/mol. The van der Waals surface area contributed by atoms with Gasteiger partial charge in [-0.25, -0.2) is 4.79 Å². The minimum atomic E-state index is -1.08. The van der Waals surface area contributed by atoms with Crippen LogP contribution in [0.25, 0.3) is 10.9 Å². The number of aromatic nitrogens is 1. The lowest BCUT2D eigenvalue weighted by Gasteiger charge is -2.14. The molecule has 0 aliphatic heterocycles. The number of carboxylic acid groups (broad SMARTS) is 1. The number of aliphatic carboxylic acids is 1. The minimum Gasteiger partial charge on any atom is -0.492 e. The maximum absolute atomic E-state index is 12.2. The van der Waals surface area contributed by atoms with Crippen molar-refractivity contribution < 1.29 is 19.4 Å². The summed E-state index contributed by atoms with van der Waals surface area (Å²) in [6.07, 6.45) is 2.53. The van der Waals surface area contributed by atoms with Crippen molar-refractivity contribution in [3.63, 3.8) is 0 Å². The summed E-state index contributed by atoms with van der Waals surface area (Å²) in [5, 5.41) is 13.9. The highest BCUT2D eigenvalue weighted by Gasteiger charge is 2.21. The molecular formula is C21H20Cl2N2O4. The number of carboxylic acids is 1. The van der Waals surface area contributed by atoms with Crippen LogP contribution in [0.3, 0.4) is 0 Å². The summed E-state index contributed by atoms with van der Waals surface area (Å²) in [6, 6.07) is 11.5. The Hall–Kier alpha value is -2.70. The van der Waals surface area contributed by atoms with Crippen LogP contribution in [0.1, 0.15) is 18.4 Å². The molecular weight excluding hydrogens is 415 g/mol. The van der Waals surface area contributed by atoms with Crippen molar-refractivity contribution >= 4 is 46.0 Å². The first-order chi connectivity index (χ1) is 13.9. The Kier molecular flexibility index (Phi) is 7.01. The summed E-state index contributed by atoms with van der Waals surface area (Å²) in [4.78, 5) is 26.9. The van der Waals surface area contributed by atoms with Crippen molar-refractivity contribution in [1.29, 1.82) is 0 Å². The van der Waals surface area contributed by atoms with Gasteiger partial charge in [0.15, 0.2) is 0 Å². The number of halogens is 2. The number of fused-ring (bicyclic) bond motifs is 1. The number of rotatable bonds is 9. The Morgan fingerprint density at radius 3 is 2.72 bits per heavy atom. The summed E-state index contributed by atoms with van der Waals surface area (Å²) in [6.45, 7) is 0.273. The molecule has 1 amide bonds. The molecule has 1 heterocycles. The van der Waals surface area contributed by atoms with Gasteiger partial charge in [0.2, 0.25) is 5.91 Å². The lowest BCUT2D eigenvalue weighted by Crippen LogP contribution is -2.42. The van der Waals surface area contributed by atoms with Crippen molar-refractivity contribution in [1.82, 2.24) is 10.3 Å². The number of nitrogens with one attached hydrogen (secondary N) is 2. The lowest BCUT2D eigenvalue weighted by molar-refractivity contribution is -0.141. The van der Waals surface area contributed by atoms with E-state index in [-0.39, 0.29) is 25.4 Å². The molecule has 152 valence electrons. The molecule has 0 radical (unpaired) electrons. The number of amides is 1. The van der Waals surface area contributed by atoms with E-state index in [9.17, 15) is 14.7 Å². The Labute approximate surface area is 177 Å². The van der Waals surface area contributed by atoms with E-state index in [2.05, 4.69) is 10.3 Å². The van der Waals surface area contributed by atoms with E-state index in [1.54, 1.807) is 24.4 Å². The van der Waals surface area contributed by atoms with Crippen LogP contribution in [0, 0.1) is 0 Å². The summed E-state index contributed by atoms with van der Waals surface area (Å²) in [5.41, 5.74) is 1.77. The Bertz CT molecular complexity index is 1020. The number of H-pyrrole nitrogens is 1. The molecule has 0 saturated heterocycles. The molecule has 1 aromatic heterocycles. The average Bonchev–Trinajstić information content (AvgIpc) is 3.09. The molecule has 2 aromatic carbocycles. The molecule has 0 saturated carbocycles. The summed E-state index contributed by atoms with van der Waals surface area (Å²) in [5.74, 6) is -0.935. The zero-order chi connectivity index (χ0) is 20.8. The van der Waals surface area contributed by atoms with E-state index in [1.165, 1.54) is 0 Å². The fourth-order valence-electron chi connectivity index (χ4n) is 2.99. The van der Waals surface area contributed by atoms with E-state index in [1.807, 2.05) is 24.3 Å². The number of hydrogen-bond acceptors (Lipinski definition) is 3. The van der Waals surface area contributed by atoms with Crippen LogP contribution in [-0.2, 0) is 16.0 Å². The molecule has 0 spiro atoms. The second kappa shape index (κ2) is 9.67. The van der Waals surface area contributed by atoms with Crippen molar-refractivity contribution in [2.75, 3.05) is 6.61 Å². The number of benzene rings is 2. The number of carbonyl (C=O) groups is 2. The van der Waals surface area contributed by atoms with Gasteiger partial charge in [-0.05, 0) is 36.2 Å². The Balaban J connectivity index is 1.50. The van der Waals surface area contributed by atoms with E-state index < -0.39 is 12.0 Å². The maximum Gasteiger partial charge on any atom is 0.326 e. The van der Waals surface area contributed by atoms with Crippen LogP contribution in [0.2, 0.25) is 10.0 Å². The fourth-order valence-corrected chi connectivity index (χ4v) is 3.46. The minimum absolute atomic E-state index is 0.142. The number of para-hydroxylation sites is 1. The highest BCUT2D eigenvalue weighted by Crippen LogP contribution is 2.27. The summed E-state index contributed by atoms with van der Waals surface area (Å²) in [7, 11) is 0. The summed E-state index contributed by atoms with van der Waals surface area (Å²) < 4.78 is 5.54. The van der Waals surface area contributed by atoms with E-state index >= 15 is 0 Å². The van der Waals surface area contributed by atoms with Gasteiger partial charge in [-0.3, -0.25) is 4.79 Å². The smallest absolute Gasteiger partial charge is 0.326 e. The van der Waals surface area contributed by atoms with Crippen molar-refractivity contribution in [2.45, 2.75) is 25.3 Å². The van der Waals surface area contributed by atoms with E-state index in [0.29, 0.717) is 22.2 Å². The molecule has 3 rings (SSSR count). The van der Waals surface area contributed by atoms with Gasteiger partial charge in [-0.15, -0.1) is 0 Å². The molecule has 3 aromatic rings. The second-order valence-electron chi connectivity index (χ2n) is 6.55. The van der Waals surface area contributed by atoms with Gasteiger partial charge < -0.3 is 20.1 Å². The molecule has 0 bridgehead atoms.